The zero-order chi connectivity index (χ0) is 25.1. The Hall–Kier alpha value is -4.73. The Kier molecular flexibility index (Phi) is 6.45. The van der Waals surface area contributed by atoms with Gasteiger partial charge >= 0.3 is 6.03 Å². The van der Waals surface area contributed by atoms with Gasteiger partial charge < -0.3 is 10.6 Å². The smallest absolute Gasteiger partial charge is 0.322 e. The molecule has 0 spiro atoms. The number of hydrogen-bond acceptors (Lipinski definition) is 4. The van der Waals surface area contributed by atoms with Crippen molar-refractivity contribution in [2.45, 2.75) is 13.8 Å². The average Bonchev–Trinajstić information content (AvgIpc) is 3.25. The normalized spacial score (nSPS) is 14.3. The predicted molar refractivity (Wildman–Crippen MR) is 127 cm³/mol. The lowest BCUT2D eigenvalue weighted by atomic mass is 10.2. The van der Waals surface area contributed by atoms with Crippen molar-refractivity contribution in [3.63, 3.8) is 0 Å². The van der Waals surface area contributed by atoms with Crippen LogP contribution in [0.4, 0.5) is 14.9 Å². The zero-order valence-corrected chi connectivity index (χ0v) is 19.0. The minimum atomic E-state index is -0.767. The van der Waals surface area contributed by atoms with Crippen LogP contribution in [0.5, 0.6) is 0 Å². The Morgan fingerprint density at radius 2 is 1.71 bits per heavy atom. The third-order valence-electron chi connectivity index (χ3n) is 5.43. The van der Waals surface area contributed by atoms with Gasteiger partial charge in [0.2, 0.25) is 5.91 Å². The number of nitrogens with one attached hydrogen (secondary N) is 3. The van der Waals surface area contributed by atoms with E-state index in [1.54, 1.807) is 54.9 Å². The number of hydrogen-bond donors (Lipinski definition) is 3. The third-order valence-corrected chi connectivity index (χ3v) is 5.43. The molecular formula is C25H22FN5O4. The SMILES string of the molecule is Cc1cc(/C=C2\NC(=O)N(CC(=O)Nc3ccccc3F)C2=O)c(C)n1NC(=O)c1ccccc1. The van der Waals surface area contributed by atoms with Crippen LogP contribution < -0.4 is 16.1 Å². The van der Waals surface area contributed by atoms with Crippen LogP contribution in [0.15, 0.2) is 66.4 Å². The van der Waals surface area contributed by atoms with Crippen molar-refractivity contribution in [1.29, 1.82) is 0 Å². The Balaban J connectivity index is 1.48. The summed E-state index contributed by atoms with van der Waals surface area (Å²) < 4.78 is 15.3. The Morgan fingerprint density at radius 1 is 1.03 bits per heavy atom. The molecule has 5 amide bonds. The maximum Gasteiger partial charge on any atom is 0.329 e. The fraction of sp³-hybridized carbons (Fsp3) is 0.120. The first kappa shape index (κ1) is 23.4. The highest BCUT2D eigenvalue weighted by atomic mass is 19.1. The summed E-state index contributed by atoms with van der Waals surface area (Å²) in [6.07, 6.45) is 1.47. The largest absolute Gasteiger partial charge is 0.329 e. The summed E-state index contributed by atoms with van der Waals surface area (Å²) in [6.45, 7) is 2.96. The number of benzene rings is 2. The monoisotopic (exact) mass is 475 g/mol. The molecule has 10 heteroatoms. The van der Waals surface area contributed by atoms with Crippen LogP contribution in [-0.2, 0) is 9.59 Å². The quantitative estimate of drug-likeness (QED) is 0.376. The fourth-order valence-corrected chi connectivity index (χ4v) is 3.63. The summed E-state index contributed by atoms with van der Waals surface area (Å²) in [5.41, 5.74) is 5.15. The third kappa shape index (κ3) is 4.96. The second-order valence-electron chi connectivity index (χ2n) is 7.88. The van der Waals surface area contributed by atoms with E-state index in [0.717, 1.165) is 4.90 Å². The molecule has 0 saturated carbocycles. The number of halogens is 1. The molecule has 1 fully saturated rings. The summed E-state index contributed by atoms with van der Waals surface area (Å²) in [5.74, 6) is -2.35. The maximum atomic E-state index is 13.8. The van der Waals surface area contributed by atoms with E-state index >= 15 is 0 Å². The number of rotatable bonds is 6. The van der Waals surface area contributed by atoms with Gasteiger partial charge in [-0.15, -0.1) is 0 Å². The van der Waals surface area contributed by atoms with Gasteiger partial charge in [-0.2, -0.15) is 0 Å². The lowest BCUT2D eigenvalue weighted by Gasteiger charge is -2.12. The number of aryl methyl sites for hydroxylation is 1. The van der Waals surface area contributed by atoms with E-state index < -0.39 is 30.2 Å². The van der Waals surface area contributed by atoms with E-state index in [1.807, 2.05) is 6.07 Å². The summed E-state index contributed by atoms with van der Waals surface area (Å²) in [6, 6.07) is 15.3. The molecule has 3 aromatic rings. The molecule has 0 atom stereocenters. The molecule has 1 aliphatic heterocycles. The van der Waals surface area contributed by atoms with Gasteiger partial charge in [0.1, 0.15) is 18.1 Å². The van der Waals surface area contributed by atoms with Gasteiger partial charge in [-0.3, -0.25) is 24.5 Å². The van der Waals surface area contributed by atoms with Gasteiger partial charge in [-0.1, -0.05) is 30.3 Å². The Labute approximate surface area is 200 Å². The van der Waals surface area contributed by atoms with Crippen LogP contribution in [0.2, 0.25) is 0 Å². The molecule has 0 radical (unpaired) electrons. The van der Waals surface area contributed by atoms with Gasteiger partial charge in [-0.05, 0) is 55.8 Å². The van der Waals surface area contributed by atoms with E-state index in [1.165, 1.54) is 24.3 Å². The van der Waals surface area contributed by atoms with Crippen LogP contribution in [0, 0.1) is 19.7 Å². The molecule has 1 saturated heterocycles. The first-order chi connectivity index (χ1) is 16.7. The van der Waals surface area contributed by atoms with Gasteiger partial charge in [0.25, 0.3) is 11.8 Å². The first-order valence-corrected chi connectivity index (χ1v) is 10.7. The number of amides is 5. The maximum absolute atomic E-state index is 13.8. The highest BCUT2D eigenvalue weighted by Gasteiger charge is 2.35. The number of anilines is 1. The van der Waals surface area contributed by atoms with E-state index in [0.29, 0.717) is 22.5 Å². The molecule has 3 N–H and O–H groups in total. The Bertz CT molecular complexity index is 1360. The molecule has 4 rings (SSSR count). The second kappa shape index (κ2) is 9.64. The molecular weight excluding hydrogens is 453 g/mol. The standard InChI is InChI=1S/C25H22FN5O4/c1-15-12-18(16(2)31(15)29-23(33)17-8-4-3-5-9-17)13-21-24(34)30(25(35)28-21)14-22(32)27-20-11-7-6-10-19(20)26/h3-13H,14H2,1-2H3,(H,27,32)(H,28,35)(H,29,33)/b21-13-. The number of nitrogens with zero attached hydrogens (tertiary/aromatic N) is 2. The minimum Gasteiger partial charge on any atom is -0.322 e. The first-order valence-electron chi connectivity index (χ1n) is 10.7. The van der Waals surface area contributed by atoms with Crippen LogP contribution in [-0.4, -0.2) is 39.9 Å². The molecule has 178 valence electrons. The molecule has 2 heterocycles. The highest BCUT2D eigenvalue weighted by molar-refractivity contribution is 6.16. The van der Waals surface area contributed by atoms with Crippen molar-refractivity contribution in [2.75, 3.05) is 17.3 Å². The molecule has 1 aromatic heterocycles. The van der Waals surface area contributed by atoms with Crippen LogP contribution in [0.3, 0.4) is 0 Å². The molecule has 0 bridgehead atoms. The molecule has 0 unspecified atom stereocenters. The molecule has 2 aromatic carbocycles. The van der Waals surface area contributed by atoms with Crippen molar-refractivity contribution in [3.05, 3.63) is 94.7 Å². The lowest BCUT2D eigenvalue weighted by Crippen LogP contribution is -2.38. The fourth-order valence-electron chi connectivity index (χ4n) is 3.63. The highest BCUT2D eigenvalue weighted by Crippen LogP contribution is 2.20. The molecule has 1 aliphatic rings. The molecule has 9 nitrogen and oxygen atoms in total. The summed E-state index contributed by atoms with van der Waals surface area (Å²) in [7, 11) is 0. The second-order valence-corrected chi connectivity index (χ2v) is 7.88. The number of carbonyl (C=O) groups excluding carboxylic acids is 4. The summed E-state index contributed by atoms with van der Waals surface area (Å²) >= 11 is 0. The van der Waals surface area contributed by atoms with E-state index in [9.17, 15) is 23.6 Å². The van der Waals surface area contributed by atoms with Gasteiger partial charge in [0.05, 0.1) is 5.69 Å². The van der Waals surface area contributed by atoms with E-state index in [4.69, 9.17) is 0 Å². The number of urea groups is 1. The van der Waals surface area contributed by atoms with Crippen molar-refractivity contribution in [1.82, 2.24) is 14.9 Å². The van der Waals surface area contributed by atoms with Crippen molar-refractivity contribution >= 4 is 35.5 Å². The van der Waals surface area contributed by atoms with Crippen molar-refractivity contribution in [2.24, 2.45) is 0 Å². The minimum absolute atomic E-state index is 0.0247. The van der Waals surface area contributed by atoms with Crippen LogP contribution in [0.25, 0.3) is 6.08 Å². The topological polar surface area (TPSA) is 113 Å². The Morgan fingerprint density at radius 3 is 2.43 bits per heavy atom. The van der Waals surface area contributed by atoms with E-state index in [-0.39, 0.29) is 17.3 Å². The summed E-state index contributed by atoms with van der Waals surface area (Å²) in [4.78, 5) is 50.7. The van der Waals surface area contributed by atoms with Crippen molar-refractivity contribution in [3.8, 4) is 0 Å². The number of carbonyl (C=O) groups is 4. The number of imide groups is 1. The molecule has 0 aliphatic carbocycles. The molecule has 35 heavy (non-hydrogen) atoms. The van der Waals surface area contributed by atoms with Crippen molar-refractivity contribution < 1.29 is 23.6 Å². The zero-order valence-electron chi connectivity index (χ0n) is 19.0. The summed E-state index contributed by atoms with van der Waals surface area (Å²) in [5, 5.41) is 4.80. The van der Waals surface area contributed by atoms with Gasteiger partial charge in [0.15, 0.2) is 0 Å². The van der Waals surface area contributed by atoms with Crippen LogP contribution in [0.1, 0.15) is 27.3 Å². The average molecular weight is 475 g/mol. The lowest BCUT2D eigenvalue weighted by molar-refractivity contribution is -0.127. The van der Waals surface area contributed by atoms with Crippen LogP contribution >= 0.6 is 0 Å². The predicted octanol–water partition coefficient (Wildman–Crippen LogP) is 3.16. The number of para-hydroxylation sites is 1. The van der Waals surface area contributed by atoms with E-state index in [2.05, 4.69) is 16.1 Å². The van der Waals surface area contributed by atoms with Gasteiger partial charge in [-0.25, -0.2) is 14.1 Å². The van der Waals surface area contributed by atoms with Gasteiger partial charge in [0, 0.05) is 17.0 Å². The number of aromatic nitrogens is 1.